The summed E-state index contributed by atoms with van der Waals surface area (Å²) in [4.78, 5) is 31.3. The van der Waals surface area contributed by atoms with E-state index < -0.39 is 0 Å². The van der Waals surface area contributed by atoms with E-state index in [0.29, 0.717) is 22.4 Å². The van der Waals surface area contributed by atoms with Gasteiger partial charge < -0.3 is 15.2 Å². The topological polar surface area (TPSA) is 81.0 Å². The summed E-state index contributed by atoms with van der Waals surface area (Å²) in [5.41, 5.74) is 2.80. The normalized spacial score (nSPS) is 10.4. The molecule has 3 N–H and O–H groups in total. The molecule has 1 heterocycles. The molecule has 0 aliphatic rings. The molecular weight excluding hydrogens is 312 g/mol. The Labute approximate surface area is 139 Å². The fraction of sp³-hybridized carbons (Fsp3) is 0.312. The van der Waals surface area contributed by atoms with Crippen LogP contribution in [0.25, 0.3) is 0 Å². The van der Waals surface area contributed by atoms with Crippen LogP contribution >= 0.6 is 12.2 Å². The van der Waals surface area contributed by atoms with Gasteiger partial charge in [-0.05, 0) is 49.8 Å². The highest BCUT2D eigenvalue weighted by molar-refractivity contribution is 7.71. The number of nitrogens with zero attached hydrogens (tertiary/aromatic N) is 1. The molecule has 0 aliphatic carbocycles. The first-order chi connectivity index (χ1) is 10.9. The smallest absolute Gasteiger partial charge is 0.255 e. The van der Waals surface area contributed by atoms with Gasteiger partial charge in [-0.2, -0.15) is 0 Å². The minimum Gasteiger partial charge on any atom is -0.378 e. The summed E-state index contributed by atoms with van der Waals surface area (Å²) >= 11 is 4.90. The van der Waals surface area contributed by atoms with Crippen LogP contribution in [0.4, 0.5) is 11.4 Å². The number of nitrogens with one attached hydrogen (secondary N) is 3. The van der Waals surface area contributed by atoms with Gasteiger partial charge in [0, 0.05) is 43.1 Å². The van der Waals surface area contributed by atoms with Crippen molar-refractivity contribution in [3.63, 3.8) is 0 Å². The van der Waals surface area contributed by atoms with Crippen LogP contribution in [0.15, 0.2) is 29.1 Å². The van der Waals surface area contributed by atoms with E-state index in [0.717, 1.165) is 11.4 Å². The number of aryl methyl sites for hydroxylation is 1. The van der Waals surface area contributed by atoms with E-state index in [2.05, 4.69) is 15.3 Å². The molecule has 1 aromatic carbocycles. The standard InChI is InChI=1S/C16H20N4O2S/c1-10-13(15(22)19-16(23)17-10)8-9-14(21)18-11-4-6-12(7-5-11)20(2)3/h4-7H,8-9H2,1-3H3,(H,18,21)(H2,17,19,22,23). The number of hydrogen-bond acceptors (Lipinski definition) is 4. The Balaban J connectivity index is 1.98. The molecule has 2 rings (SSSR count). The summed E-state index contributed by atoms with van der Waals surface area (Å²) in [6.07, 6.45) is 0.582. The predicted molar refractivity (Wildman–Crippen MR) is 94.7 cm³/mol. The van der Waals surface area contributed by atoms with Crippen molar-refractivity contribution in [2.75, 3.05) is 24.3 Å². The monoisotopic (exact) mass is 332 g/mol. The molecule has 1 aromatic heterocycles. The maximum Gasteiger partial charge on any atom is 0.255 e. The molecule has 122 valence electrons. The lowest BCUT2D eigenvalue weighted by Crippen LogP contribution is -2.19. The van der Waals surface area contributed by atoms with E-state index in [-0.39, 0.29) is 17.9 Å². The van der Waals surface area contributed by atoms with Crippen molar-refractivity contribution in [3.8, 4) is 0 Å². The minimum absolute atomic E-state index is 0.135. The molecule has 2 aromatic rings. The molecule has 0 saturated carbocycles. The van der Waals surface area contributed by atoms with Gasteiger partial charge in [0.15, 0.2) is 4.77 Å². The number of anilines is 2. The Hall–Kier alpha value is -2.41. The lowest BCUT2D eigenvalue weighted by molar-refractivity contribution is -0.116. The number of aromatic nitrogens is 2. The Bertz CT molecular complexity index is 806. The molecule has 0 unspecified atom stereocenters. The Morgan fingerprint density at radius 1 is 1.22 bits per heavy atom. The SMILES string of the molecule is Cc1[nH]c(=S)[nH]c(=O)c1CCC(=O)Nc1ccc(N(C)C)cc1. The van der Waals surface area contributed by atoms with Gasteiger partial charge in [0.25, 0.3) is 5.56 Å². The van der Waals surface area contributed by atoms with E-state index in [1.807, 2.05) is 43.3 Å². The van der Waals surface area contributed by atoms with E-state index >= 15 is 0 Å². The van der Waals surface area contributed by atoms with Crippen LogP contribution in [0.5, 0.6) is 0 Å². The maximum absolute atomic E-state index is 12.0. The average Bonchev–Trinajstić information content (AvgIpc) is 2.46. The third-order valence-corrected chi connectivity index (χ3v) is 3.73. The van der Waals surface area contributed by atoms with Crippen LogP contribution in [0, 0.1) is 11.7 Å². The Morgan fingerprint density at radius 2 is 1.87 bits per heavy atom. The quantitative estimate of drug-likeness (QED) is 0.734. The lowest BCUT2D eigenvalue weighted by atomic mass is 10.1. The number of hydrogen-bond donors (Lipinski definition) is 3. The maximum atomic E-state index is 12.0. The molecule has 0 bridgehead atoms. The Kier molecular flexibility index (Phi) is 5.33. The van der Waals surface area contributed by atoms with Gasteiger partial charge in [-0.25, -0.2) is 0 Å². The average molecular weight is 332 g/mol. The molecule has 23 heavy (non-hydrogen) atoms. The minimum atomic E-state index is -0.241. The van der Waals surface area contributed by atoms with Crippen molar-refractivity contribution >= 4 is 29.5 Å². The van der Waals surface area contributed by atoms with Crippen molar-refractivity contribution in [1.82, 2.24) is 9.97 Å². The number of carbonyl (C=O) groups is 1. The number of amides is 1. The molecule has 6 nitrogen and oxygen atoms in total. The highest BCUT2D eigenvalue weighted by Gasteiger charge is 2.09. The van der Waals surface area contributed by atoms with Crippen molar-refractivity contribution in [1.29, 1.82) is 0 Å². The van der Waals surface area contributed by atoms with Crippen LogP contribution in [-0.4, -0.2) is 30.0 Å². The van der Waals surface area contributed by atoms with Crippen LogP contribution in [0.1, 0.15) is 17.7 Å². The van der Waals surface area contributed by atoms with Crippen molar-refractivity contribution < 1.29 is 4.79 Å². The van der Waals surface area contributed by atoms with Crippen LogP contribution in [0.2, 0.25) is 0 Å². The summed E-state index contributed by atoms with van der Waals surface area (Å²) in [5.74, 6) is -0.135. The molecule has 0 saturated heterocycles. The number of carbonyl (C=O) groups excluding carboxylic acids is 1. The van der Waals surface area contributed by atoms with Gasteiger partial charge in [0.1, 0.15) is 0 Å². The molecule has 0 spiro atoms. The number of aromatic amines is 2. The molecule has 0 atom stereocenters. The van der Waals surface area contributed by atoms with E-state index in [1.54, 1.807) is 6.92 Å². The zero-order valence-corrected chi connectivity index (χ0v) is 14.2. The van der Waals surface area contributed by atoms with E-state index in [4.69, 9.17) is 12.2 Å². The lowest BCUT2D eigenvalue weighted by Gasteiger charge is -2.13. The van der Waals surface area contributed by atoms with Gasteiger partial charge in [-0.15, -0.1) is 0 Å². The second kappa shape index (κ2) is 7.23. The summed E-state index contributed by atoms with van der Waals surface area (Å²) in [6, 6.07) is 7.57. The van der Waals surface area contributed by atoms with Gasteiger partial charge in [0.05, 0.1) is 0 Å². The van der Waals surface area contributed by atoms with Gasteiger partial charge in [-0.3, -0.25) is 14.6 Å². The van der Waals surface area contributed by atoms with Crippen LogP contribution in [0.3, 0.4) is 0 Å². The summed E-state index contributed by atoms with van der Waals surface area (Å²) < 4.78 is 0.293. The van der Waals surface area contributed by atoms with Crippen molar-refractivity contribution in [3.05, 3.63) is 50.6 Å². The second-order valence-corrected chi connectivity index (χ2v) is 5.91. The zero-order chi connectivity index (χ0) is 17.0. The second-order valence-electron chi connectivity index (χ2n) is 5.50. The van der Waals surface area contributed by atoms with Crippen LogP contribution in [-0.2, 0) is 11.2 Å². The molecule has 1 amide bonds. The number of H-pyrrole nitrogens is 2. The first-order valence-corrected chi connectivity index (χ1v) is 7.67. The van der Waals surface area contributed by atoms with Crippen molar-refractivity contribution in [2.45, 2.75) is 19.8 Å². The van der Waals surface area contributed by atoms with Gasteiger partial charge >= 0.3 is 0 Å². The van der Waals surface area contributed by atoms with E-state index in [1.165, 1.54) is 0 Å². The highest BCUT2D eigenvalue weighted by Crippen LogP contribution is 2.16. The van der Waals surface area contributed by atoms with Gasteiger partial charge in [0.2, 0.25) is 5.91 Å². The van der Waals surface area contributed by atoms with E-state index in [9.17, 15) is 9.59 Å². The largest absolute Gasteiger partial charge is 0.378 e. The fourth-order valence-corrected chi connectivity index (χ4v) is 2.48. The summed E-state index contributed by atoms with van der Waals surface area (Å²) in [5, 5.41) is 2.83. The summed E-state index contributed by atoms with van der Waals surface area (Å²) in [7, 11) is 3.91. The Morgan fingerprint density at radius 3 is 2.43 bits per heavy atom. The highest BCUT2D eigenvalue weighted by atomic mass is 32.1. The summed E-state index contributed by atoms with van der Waals surface area (Å²) in [6.45, 7) is 1.78. The molecule has 0 radical (unpaired) electrons. The molecule has 0 fully saturated rings. The van der Waals surface area contributed by atoms with Crippen molar-refractivity contribution in [2.24, 2.45) is 0 Å². The molecule has 0 aliphatic heterocycles. The van der Waals surface area contributed by atoms with Crippen LogP contribution < -0.4 is 15.8 Å². The first kappa shape index (κ1) is 17.0. The third-order valence-electron chi connectivity index (χ3n) is 3.52. The number of rotatable bonds is 5. The number of benzene rings is 1. The first-order valence-electron chi connectivity index (χ1n) is 7.26. The molecule has 7 heteroatoms. The van der Waals surface area contributed by atoms with Gasteiger partial charge in [-0.1, -0.05) is 0 Å². The third kappa shape index (κ3) is 4.53. The fourth-order valence-electron chi connectivity index (χ4n) is 2.23. The predicted octanol–water partition coefficient (Wildman–Crippen LogP) is 2.38. The molecular formula is C16H20N4O2S. The zero-order valence-electron chi connectivity index (χ0n) is 13.4.